The molecule has 0 aliphatic carbocycles. The van der Waals surface area contributed by atoms with Gasteiger partial charge in [0.15, 0.2) is 11.5 Å². The van der Waals surface area contributed by atoms with Crippen molar-refractivity contribution in [3.05, 3.63) is 96.6 Å². The van der Waals surface area contributed by atoms with Crippen molar-refractivity contribution in [2.24, 2.45) is 0 Å². The molecule has 0 aliphatic rings. The molecule has 34 heavy (non-hydrogen) atoms. The van der Waals surface area contributed by atoms with Crippen LogP contribution in [0.4, 0.5) is 0 Å². The first kappa shape index (κ1) is 20.3. The van der Waals surface area contributed by atoms with Crippen molar-refractivity contribution in [2.45, 2.75) is 6.92 Å². The van der Waals surface area contributed by atoms with Crippen molar-refractivity contribution < 1.29 is 9.47 Å². The van der Waals surface area contributed by atoms with Gasteiger partial charge < -0.3 is 9.47 Å². The number of fused-ring (bicyclic) bond motifs is 6. The molecule has 0 amide bonds. The molecule has 0 bridgehead atoms. The summed E-state index contributed by atoms with van der Waals surface area (Å²) in [4.78, 5) is 5.26. The van der Waals surface area contributed by atoms with Gasteiger partial charge in [0.2, 0.25) is 0 Å². The van der Waals surface area contributed by atoms with E-state index in [9.17, 15) is 0 Å². The van der Waals surface area contributed by atoms with Gasteiger partial charge in [-0.05, 0) is 48.0 Å². The average Bonchev–Trinajstić information content (AvgIpc) is 3.30. The summed E-state index contributed by atoms with van der Waals surface area (Å²) in [7, 11) is 3.31. The van der Waals surface area contributed by atoms with Crippen LogP contribution in [0.2, 0.25) is 0 Å². The van der Waals surface area contributed by atoms with Crippen LogP contribution >= 0.6 is 0 Å². The number of ether oxygens (including phenoxy) is 2. The van der Waals surface area contributed by atoms with Crippen molar-refractivity contribution in [2.75, 3.05) is 14.2 Å². The molecule has 0 saturated carbocycles. The Labute approximate surface area is 198 Å². The number of aryl methyl sites for hydroxylation is 1. The van der Waals surface area contributed by atoms with Gasteiger partial charge in [0.1, 0.15) is 5.82 Å². The molecule has 6 aromatic rings. The second-order valence-electron chi connectivity index (χ2n) is 8.46. The zero-order chi connectivity index (χ0) is 23.2. The van der Waals surface area contributed by atoms with Crippen molar-refractivity contribution in [1.29, 1.82) is 0 Å². The van der Waals surface area contributed by atoms with Gasteiger partial charge in [-0.15, -0.1) is 0 Å². The van der Waals surface area contributed by atoms with Crippen LogP contribution in [0.25, 0.3) is 49.7 Å². The molecule has 1 heterocycles. The molecule has 0 fully saturated rings. The van der Waals surface area contributed by atoms with E-state index in [1.807, 2.05) is 18.2 Å². The molecule has 0 unspecified atom stereocenters. The van der Waals surface area contributed by atoms with Crippen LogP contribution in [0.15, 0.2) is 91.0 Å². The SMILES string of the molecule is COc1ccc(-c2nc3c4ccccc4c4ccccc4c3n2-c2ccc(C)cc2)cc1OC. The van der Waals surface area contributed by atoms with Crippen molar-refractivity contribution in [3.63, 3.8) is 0 Å². The Morgan fingerprint density at radius 3 is 1.94 bits per heavy atom. The number of aromatic nitrogens is 2. The van der Waals surface area contributed by atoms with Gasteiger partial charge in [-0.1, -0.05) is 66.2 Å². The highest BCUT2D eigenvalue weighted by Crippen LogP contribution is 2.40. The first-order chi connectivity index (χ1) is 16.7. The zero-order valence-corrected chi connectivity index (χ0v) is 19.4. The number of rotatable bonds is 4. The normalized spacial score (nSPS) is 11.4. The number of imidazole rings is 1. The summed E-state index contributed by atoms with van der Waals surface area (Å²) < 4.78 is 13.4. The molecule has 0 N–H and O–H groups in total. The lowest BCUT2D eigenvalue weighted by atomic mass is 10.00. The van der Waals surface area contributed by atoms with Gasteiger partial charge in [-0.2, -0.15) is 0 Å². The lowest BCUT2D eigenvalue weighted by Gasteiger charge is -2.14. The number of methoxy groups -OCH3 is 2. The fraction of sp³-hybridized carbons (Fsp3) is 0.100. The van der Waals surface area contributed by atoms with Crippen molar-refractivity contribution in [3.8, 4) is 28.6 Å². The summed E-state index contributed by atoms with van der Waals surface area (Å²) in [6.45, 7) is 2.11. The molecule has 0 saturated heterocycles. The van der Waals surface area contributed by atoms with Crippen LogP contribution in [0.1, 0.15) is 5.56 Å². The average molecular weight is 445 g/mol. The smallest absolute Gasteiger partial charge is 0.161 e. The molecular formula is C30H24N2O2. The third kappa shape index (κ3) is 3.03. The third-order valence-corrected chi connectivity index (χ3v) is 6.47. The number of nitrogens with zero attached hydrogens (tertiary/aromatic N) is 2. The van der Waals surface area contributed by atoms with Gasteiger partial charge in [0.25, 0.3) is 0 Å². The number of benzene rings is 5. The van der Waals surface area contributed by atoms with E-state index in [1.54, 1.807) is 14.2 Å². The van der Waals surface area contributed by atoms with E-state index in [0.717, 1.165) is 33.5 Å². The molecule has 6 rings (SSSR count). The summed E-state index contributed by atoms with van der Waals surface area (Å²) in [6.07, 6.45) is 0. The Hall–Kier alpha value is -4.31. The van der Waals surface area contributed by atoms with Crippen molar-refractivity contribution >= 4 is 32.6 Å². The fourth-order valence-electron chi connectivity index (χ4n) is 4.82. The Kier molecular flexibility index (Phi) is 4.73. The number of hydrogen-bond acceptors (Lipinski definition) is 3. The molecule has 4 heteroatoms. The molecule has 166 valence electrons. The maximum atomic E-state index is 5.61. The highest BCUT2D eigenvalue weighted by molar-refractivity contribution is 6.24. The Balaban J connectivity index is 1.80. The first-order valence-electron chi connectivity index (χ1n) is 11.3. The Morgan fingerprint density at radius 2 is 1.26 bits per heavy atom. The van der Waals surface area contributed by atoms with Gasteiger partial charge >= 0.3 is 0 Å². The van der Waals surface area contributed by atoms with Crippen LogP contribution in [-0.4, -0.2) is 23.8 Å². The maximum Gasteiger partial charge on any atom is 0.161 e. The maximum absolute atomic E-state index is 5.61. The van der Waals surface area contributed by atoms with Gasteiger partial charge in [-0.25, -0.2) is 4.98 Å². The fourth-order valence-corrected chi connectivity index (χ4v) is 4.82. The van der Waals surface area contributed by atoms with Crippen molar-refractivity contribution in [1.82, 2.24) is 9.55 Å². The van der Waals surface area contributed by atoms with E-state index in [0.29, 0.717) is 11.5 Å². The highest BCUT2D eigenvalue weighted by Gasteiger charge is 2.20. The summed E-state index contributed by atoms with van der Waals surface area (Å²) in [6, 6.07) is 31.7. The van der Waals surface area contributed by atoms with Crippen LogP contribution < -0.4 is 9.47 Å². The monoisotopic (exact) mass is 444 g/mol. The standard InChI is InChI=1S/C30H24N2O2/c1-19-12-15-21(16-13-19)32-29-25-11-7-5-9-23(25)22-8-4-6-10-24(22)28(29)31-30(32)20-14-17-26(33-2)27(18-20)34-3/h4-18H,1-3H3. The molecule has 0 spiro atoms. The van der Waals surface area contributed by atoms with Crippen LogP contribution in [0.5, 0.6) is 11.5 Å². The summed E-state index contributed by atoms with van der Waals surface area (Å²) in [5.41, 5.74) is 5.33. The predicted octanol–water partition coefficient (Wildman–Crippen LogP) is 7.32. The number of hydrogen-bond donors (Lipinski definition) is 0. The largest absolute Gasteiger partial charge is 0.493 e. The first-order valence-corrected chi connectivity index (χ1v) is 11.3. The lowest BCUT2D eigenvalue weighted by Crippen LogP contribution is -1.99. The minimum atomic E-state index is 0.678. The Morgan fingerprint density at radius 1 is 0.647 bits per heavy atom. The molecule has 0 aliphatic heterocycles. The van der Waals surface area contributed by atoms with Gasteiger partial charge in [-0.3, -0.25) is 4.57 Å². The van der Waals surface area contributed by atoms with E-state index in [4.69, 9.17) is 14.5 Å². The zero-order valence-electron chi connectivity index (χ0n) is 19.4. The van der Waals surface area contributed by atoms with Gasteiger partial charge in [0, 0.05) is 22.0 Å². The second kappa shape index (κ2) is 7.92. The molecular weight excluding hydrogens is 420 g/mol. The molecule has 0 radical (unpaired) electrons. The van der Waals surface area contributed by atoms with E-state index in [2.05, 4.69) is 84.3 Å². The van der Waals surface area contributed by atoms with E-state index < -0.39 is 0 Å². The molecule has 0 atom stereocenters. The molecule has 5 aromatic carbocycles. The predicted molar refractivity (Wildman–Crippen MR) is 139 cm³/mol. The summed E-state index contributed by atoms with van der Waals surface area (Å²) >= 11 is 0. The summed E-state index contributed by atoms with van der Waals surface area (Å²) in [5.74, 6) is 2.23. The summed E-state index contributed by atoms with van der Waals surface area (Å²) in [5, 5.41) is 4.75. The van der Waals surface area contributed by atoms with Gasteiger partial charge in [0.05, 0.1) is 25.3 Å². The molecule has 1 aromatic heterocycles. The van der Waals surface area contributed by atoms with Crippen LogP contribution in [-0.2, 0) is 0 Å². The van der Waals surface area contributed by atoms with Crippen LogP contribution in [0, 0.1) is 6.92 Å². The minimum Gasteiger partial charge on any atom is -0.493 e. The second-order valence-corrected chi connectivity index (χ2v) is 8.46. The van der Waals surface area contributed by atoms with E-state index >= 15 is 0 Å². The molecule has 4 nitrogen and oxygen atoms in total. The van der Waals surface area contributed by atoms with E-state index in [1.165, 1.54) is 21.7 Å². The third-order valence-electron chi connectivity index (χ3n) is 6.47. The highest BCUT2D eigenvalue weighted by atomic mass is 16.5. The lowest BCUT2D eigenvalue weighted by molar-refractivity contribution is 0.355. The quantitative estimate of drug-likeness (QED) is 0.267. The van der Waals surface area contributed by atoms with E-state index in [-0.39, 0.29) is 0 Å². The Bertz CT molecular complexity index is 1680. The topological polar surface area (TPSA) is 36.3 Å². The van der Waals surface area contributed by atoms with Crippen LogP contribution in [0.3, 0.4) is 0 Å². The minimum absolute atomic E-state index is 0.678.